The summed E-state index contributed by atoms with van der Waals surface area (Å²) in [6.07, 6.45) is 38.0. The third-order valence-corrected chi connectivity index (χ3v) is 11.3. The van der Waals surface area contributed by atoms with Gasteiger partial charge in [0.15, 0.2) is 6.10 Å². The molecule has 0 saturated carbocycles. The molecule has 55 heavy (non-hydrogen) atoms. The second-order valence-corrected chi connectivity index (χ2v) is 17.9. The van der Waals surface area contributed by atoms with Crippen LogP contribution in [0, 0.1) is 17.8 Å². The van der Waals surface area contributed by atoms with Gasteiger partial charge in [-0.3, -0.25) is 14.4 Å². The Morgan fingerprint density at radius 1 is 0.364 bits per heavy atom. The third-order valence-electron chi connectivity index (χ3n) is 11.3. The lowest BCUT2D eigenvalue weighted by Crippen LogP contribution is -2.30. The van der Waals surface area contributed by atoms with Crippen LogP contribution in [0.1, 0.15) is 260 Å². The maximum absolute atomic E-state index is 12.7. The first kappa shape index (κ1) is 53.4. The molecule has 0 aromatic heterocycles. The molecule has 0 radical (unpaired) electrons. The van der Waals surface area contributed by atoms with Crippen LogP contribution in [0.3, 0.4) is 0 Å². The van der Waals surface area contributed by atoms with Crippen molar-refractivity contribution >= 4 is 17.9 Å². The molecule has 0 saturated heterocycles. The first-order chi connectivity index (χ1) is 26.6. The fourth-order valence-corrected chi connectivity index (χ4v) is 7.20. The summed E-state index contributed by atoms with van der Waals surface area (Å²) in [5, 5.41) is 0. The Kier molecular flexibility index (Phi) is 39.4. The van der Waals surface area contributed by atoms with Gasteiger partial charge in [0.05, 0.1) is 0 Å². The van der Waals surface area contributed by atoms with Crippen molar-refractivity contribution < 1.29 is 28.6 Å². The zero-order valence-corrected chi connectivity index (χ0v) is 37.7. The topological polar surface area (TPSA) is 78.9 Å². The Morgan fingerprint density at radius 3 is 0.945 bits per heavy atom. The normalized spacial score (nSPS) is 12.7. The van der Waals surface area contributed by atoms with E-state index in [1.807, 2.05) is 0 Å². The molecule has 0 rings (SSSR count). The number of ether oxygens (including phenoxy) is 3. The Hall–Kier alpha value is -1.59. The Bertz CT molecular complexity index is 854. The summed E-state index contributed by atoms with van der Waals surface area (Å²) >= 11 is 0. The van der Waals surface area contributed by atoms with Crippen LogP contribution in [-0.4, -0.2) is 37.2 Å². The molecule has 1 unspecified atom stereocenters. The molecule has 0 aromatic rings. The van der Waals surface area contributed by atoms with Crippen LogP contribution in [0.15, 0.2) is 0 Å². The van der Waals surface area contributed by atoms with Crippen molar-refractivity contribution in [3.63, 3.8) is 0 Å². The van der Waals surface area contributed by atoms with E-state index in [0.29, 0.717) is 19.3 Å². The third kappa shape index (κ3) is 41.9. The molecule has 0 aliphatic heterocycles. The highest BCUT2D eigenvalue weighted by atomic mass is 16.6. The summed E-state index contributed by atoms with van der Waals surface area (Å²) in [5.41, 5.74) is 0. The number of unbranched alkanes of at least 4 members (excludes halogenated alkanes) is 24. The number of carbonyl (C=O) groups is 3. The molecule has 0 aliphatic carbocycles. The van der Waals surface area contributed by atoms with Crippen molar-refractivity contribution in [2.45, 2.75) is 266 Å². The van der Waals surface area contributed by atoms with Crippen molar-refractivity contribution in [2.24, 2.45) is 17.8 Å². The average Bonchev–Trinajstić information content (AvgIpc) is 3.15. The second kappa shape index (κ2) is 40.6. The van der Waals surface area contributed by atoms with Gasteiger partial charge in [0, 0.05) is 19.3 Å². The van der Waals surface area contributed by atoms with Crippen LogP contribution < -0.4 is 0 Å². The minimum atomic E-state index is -0.762. The number of rotatable bonds is 42. The minimum Gasteiger partial charge on any atom is -0.462 e. The molecule has 6 nitrogen and oxygen atoms in total. The van der Waals surface area contributed by atoms with Gasteiger partial charge in [-0.25, -0.2) is 0 Å². The van der Waals surface area contributed by atoms with Gasteiger partial charge in [-0.2, -0.15) is 0 Å². The fraction of sp³-hybridized carbons (Fsp3) is 0.939. The van der Waals surface area contributed by atoms with E-state index in [1.165, 1.54) is 141 Å². The molecule has 0 amide bonds. The van der Waals surface area contributed by atoms with Crippen molar-refractivity contribution in [1.82, 2.24) is 0 Å². The Balaban J connectivity index is 4.33. The van der Waals surface area contributed by atoms with Gasteiger partial charge in [0.1, 0.15) is 13.2 Å². The maximum Gasteiger partial charge on any atom is 0.306 e. The summed E-state index contributed by atoms with van der Waals surface area (Å²) in [6, 6.07) is 0. The smallest absolute Gasteiger partial charge is 0.306 e. The number of carbonyl (C=O) groups excluding carboxylic acids is 3. The predicted molar refractivity (Wildman–Crippen MR) is 233 cm³/mol. The molecule has 0 fully saturated rings. The van der Waals surface area contributed by atoms with E-state index in [1.54, 1.807) is 0 Å². The van der Waals surface area contributed by atoms with E-state index in [9.17, 15) is 14.4 Å². The summed E-state index contributed by atoms with van der Waals surface area (Å²) in [7, 11) is 0. The number of esters is 3. The van der Waals surface area contributed by atoms with E-state index in [2.05, 4.69) is 41.5 Å². The summed E-state index contributed by atoms with van der Waals surface area (Å²) in [6.45, 7) is 13.7. The summed E-state index contributed by atoms with van der Waals surface area (Å²) in [4.78, 5) is 37.8. The van der Waals surface area contributed by atoms with E-state index in [0.717, 1.165) is 75.5 Å². The highest BCUT2D eigenvalue weighted by Gasteiger charge is 2.19. The maximum atomic E-state index is 12.7. The molecular weight excluding hydrogens is 685 g/mol. The monoisotopic (exact) mass is 779 g/mol. The van der Waals surface area contributed by atoms with Gasteiger partial charge >= 0.3 is 17.9 Å². The fourth-order valence-electron chi connectivity index (χ4n) is 7.20. The van der Waals surface area contributed by atoms with Gasteiger partial charge < -0.3 is 14.2 Å². The molecule has 0 heterocycles. The van der Waals surface area contributed by atoms with Gasteiger partial charge in [-0.1, -0.05) is 221 Å². The molecule has 326 valence electrons. The summed E-state index contributed by atoms with van der Waals surface area (Å²) in [5.74, 6) is 1.60. The van der Waals surface area contributed by atoms with Crippen molar-refractivity contribution in [3.8, 4) is 0 Å². The molecule has 0 bridgehead atoms. The van der Waals surface area contributed by atoms with E-state index in [4.69, 9.17) is 14.2 Å². The molecule has 2 atom stereocenters. The van der Waals surface area contributed by atoms with Gasteiger partial charge in [-0.05, 0) is 37.0 Å². The van der Waals surface area contributed by atoms with Crippen molar-refractivity contribution in [3.05, 3.63) is 0 Å². The molecule has 0 spiro atoms. The van der Waals surface area contributed by atoms with Crippen LogP contribution in [0.25, 0.3) is 0 Å². The van der Waals surface area contributed by atoms with Gasteiger partial charge in [0.25, 0.3) is 0 Å². The minimum absolute atomic E-state index is 0.0662. The van der Waals surface area contributed by atoms with E-state index in [-0.39, 0.29) is 31.1 Å². The highest BCUT2D eigenvalue weighted by Crippen LogP contribution is 2.17. The van der Waals surface area contributed by atoms with E-state index >= 15 is 0 Å². The zero-order valence-electron chi connectivity index (χ0n) is 37.7. The quantitative estimate of drug-likeness (QED) is 0.0349. The molecular formula is C49H94O6. The number of hydrogen-bond donors (Lipinski definition) is 0. The molecule has 0 N–H and O–H groups in total. The second-order valence-electron chi connectivity index (χ2n) is 17.9. The predicted octanol–water partition coefficient (Wildman–Crippen LogP) is 15.2. The first-order valence-corrected chi connectivity index (χ1v) is 24.1. The van der Waals surface area contributed by atoms with Crippen LogP contribution in [0.2, 0.25) is 0 Å². The van der Waals surface area contributed by atoms with Crippen LogP contribution in [0.4, 0.5) is 0 Å². The molecule has 6 heteroatoms. The number of hydrogen-bond acceptors (Lipinski definition) is 6. The Morgan fingerprint density at radius 2 is 0.636 bits per heavy atom. The highest BCUT2D eigenvalue weighted by molar-refractivity contribution is 5.71. The van der Waals surface area contributed by atoms with Crippen molar-refractivity contribution in [1.29, 1.82) is 0 Å². The molecule has 0 aliphatic rings. The molecule has 0 aromatic carbocycles. The van der Waals surface area contributed by atoms with Gasteiger partial charge in [-0.15, -0.1) is 0 Å². The van der Waals surface area contributed by atoms with Crippen LogP contribution in [-0.2, 0) is 28.6 Å². The lowest BCUT2D eigenvalue weighted by Gasteiger charge is -2.18. The van der Waals surface area contributed by atoms with E-state index < -0.39 is 6.10 Å². The zero-order chi connectivity index (χ0) is 40.6. The summed E-state index contributed by atoms with van der Waals surface area (Å²) < 4.78 is 16.7. The Labute approximate surface area is 342 Å². The standard InChI is InChI=1S/C49H94O6/c1-7-45(6)37-31-25-19-14-15-20-26-32-38-47(50)53-41-46(42-54-48(51)39-33-27-22-16-18-24-30-36-44(4)5)55-49(52)40-34-28-21-13-11-9-8-10-12-17-23-29-35-43(2)3/h43-46H,7-42H2,1-6H3/t45?,46-/m1/s1. The van der Waals surface area contributed by atoms with Crippen molar-refractivity contribution in [2.75, 3.05) is 13.2 Å². The lowest BCUT2D eigenvalue weighted by molar-refractivity contribution is -0.167. The SMILES string of the molecule is CCC(C)CCCCCCCCCCC(=O)OC[C@H](COC(=O)CCCCCCCCCC(C)C)OC(=O)CCCCCCCCCCCCCCC(C)C. The van der Waals surface area contributed by atoms with Crippen LogP contribution in [0.5, 0.6) is 0 Å². The largest absolute Gasteiger partial charge is 0.462 e. The average molecular weight is 779 g/mol. The first-order valence-electron chi connectivity index (χ1n) is 24.1. The van der Waals surface area contributed by atoms with Crippen LogP contribution >= 0.6 is 0 Å². The van der Waals surface area contributed by atoms with Gasteiger partial charge in [0.2, 0.25) is 0 Å². The lowest BCUT2D eigenvalue weighted by atomic mass is 9.99.